The Hall–Kier alpha value is -0.880. The third-order valence-electron chi connectivity index (χ3n) is 2.05. The van der Waals surface area contributed by atoms with E-state index >= 15 is 0 Å². The summed E-state index contributed by atoms with van der Waals surface area (Å²) in [7, 11) is -2.98. The van der Waals surface area contributed by atoms with Crippen molar-refractivity contribution in [2.75, 3.05) is 17.3 Å². The fraction of sp³-hybridized carbons (Fsp3) is 0.364. The van der Waals surface area contributed by atoms with E-state index in [2.05, 4.69) is 21.2 Å². The van der Waals surface area contributed by atoms with Crippen LogP contribution in [0.1, 0.15) is 12.8 Å². The minimum atomic E-state index is -2.98. The smallest absolute Gasteiger partial charge is 0.224 e. The molecule has 0 bridgehead atoms. The Kier molecular flexibility index (Phi) is 5.14. The molecule has 0 saturated heterocycles. The highest BCUT2D eigenvalue weighted by Crippen LogP contribution is 2.14. The molecule has 0 heterocycles. The van der Waals surface area contributed by atoms with E-state index in [1.54, 1.807) is 12.1 Å². The molecule has 1 amide bonds. The zero-order chi connectivity index (χ0) is 12.9. The predicted octanol–water partition coefficient (Wildman–Crippen LogP) is 2.21. The number of rotatable bonds is 5. The van der Waals surface area contributed by atoms with E-state index in [1.165, 1.54) is 6.26 Å². The Labute approximate surface area is 109 Å². The van der Waals surface area contributed by atoms with Gasteiger partial charge in [0.15, 0.2) is 0 Å². The predicted molar refractivity (Wildman–Crippen MR) is 71.7 cm³/mol. The lowest BCUT2D eigenvalue weighted by Crippen LogP contribution is -2.13. The molecule has 0 unspecified atom stereocenters. The number of carbonyl (C=O) groups is 1. The van der Waals surface area contributed by atoms with Crippen LogP contribution < -0.4 is 5.32 Å². The maximum Gasteiger partial charge on any atom is 0.224 e. The molecule has 1 N–H and O–H groups in total. The van der Waals surface area contributed by atoms with Crippen LogP contribution in [-0.2, 0) is 14.6 Å². The summed E-state index contributed by atoms with van der Waals surface area (Å²) >= 11 is 3.30. The first-order chi connectivity index (χ1) is 7.87. The maximum atomic E-state index is 11.5. The van der Waals surface area contributed by atoms with Crippen LogP contribution >= 0.6 is 15.9 Å². The minimum absolute atomic E-state index is 0.0424. The second-order valence-corrected chi connectivity index (χ2v) is 6.96. The van der Waals surface area contributed by atoms with Gasteiger partial charge >= 0.3 is 0 Å². The molecular weight excluding hydrogens is 306 g/mol. The van der Waals surface area contributed by atoms with Crippen molar-refractivity contribution in [3.8, 4) is 0 Å². The Morgan fingerprint density at radius 1 is 1.29 bits per heavy atom. The summed E-state index contributed by atoms with van der Waals surface area (Å²) in [5, 5.41) is 2.70. The van der Waals surface area contributed by atoms with Gasteiger partial charge in [-0.25, -0.2) is 8.42 Å². The lowest BCUT2D eigenvalue weighted by Gasteiger charge is -2.04. The standard InChI is InChI=1S/C11H14BrNO3S/c1-17(15,16)8-2-3-11(14)13-10-6-4-9(12)5-7-10/h4-7H,2-3,8H2,1H3,(H,13,14). The van der Waals surface area contributed by atoms with Crippen LogP contribution in [0.2, 0.25) is 0 Å². The van der Waals surface area contributed by atoms with E-state index in [0.717, 1.165) is 4.47 Å². The summed E-state index contributed by atoms with van der Waals surface area (Å²) < 4.78 is 22.7. The molecule has 0 aliphatic carbocycles. The van der Waals surface area contributed by atoms with Gasteiger partial charge in [0.2, 0.25) is 5.91 Å². The molecule has 6 heteroatoms. The van der Waals surface area contributed by atoms with Crippen molar-refractivity contribution >= 4 is 37.4 Å². The largest absolute Gasteiger partial charge is 0.326 e. The second-order valence-electron chi connectivity index (χ2n) is 3.79. The van der Waals surface area contributed by atoms with Crippen molar-refractivity contribution in [3.05, 3.63) is 28.7 Å². The topological polar surface area (TPSA) is 63.2 Å². The van der Waals surface area contributed by atoms with Gasteiger partial charge in [-0.05, 0) is 30.7 Å². The highest BCUT2D eigenvalue weighted by Gasteiger charge is 2.06. The number of sulfone groups is 1. The van der Waals surface area contributed by atoms with Gasteiger partial charge in [0.05, 0.1) is 5.75 Å². The molecule has 17 heavy (non-hydrogen) atoms. The average Bonchev–Trinajstić information content (AvgIpc) is 2.19. The Balaban J connectivity index is 2.37. The van der Waals surface area contributed by atoms with Crippen molar-refractivity contribution in [1.82, 2.24) is 0 Å². The lowest BCUT2D eigenvalue weighted by atomic mass is 10.3. The van der Waals surface area contributed by atoms with Gasteiger partial charge in [-0.2, -0.15) is 0 Å². The van der Waals surface area contributed by atoms with Crippen molar-refractivity contribution in [2.45, 2.75) is 12.8 Å². The monoisotopic (exact) mass is 319 g/mol. The number of hydrogen-bond acceptors (Lipinski definition) is 3. The number of carbonyl (C=O) groups excluding carboxylic acids is 1. The molecular formula is C11H14BrNO3S. The first-order valence-electron chi connectivity index (χ1n) is 5.10. The molecule has 0 atom stereocenters. The zero-order valence-corrected chi connectivity index (χ0v) is 11.8. The molecule has 0 saturated carbocycles. The Morgan fingerprint density at radius 2 is 1.88 bits per heavy atom. The van der Waals surface area contributed by atoms with Crippen LogP contribution in [0.5, 0.6) is 0 Å². The number of amides is 1. The van der Waals surface area contributed by atoms with Crippen molar-refractivity contribution in [2.24, 2.45) is 0 Å². The SMILES string of the molecule is CS(=O)(=O)CCCC(=O)Nc1ccc(Br)cc1. The normalized spacial score (nSPS) is 11.2. The Bertz CT molecular complexity index is 482. The lowest BCUT2D eigenvalue weighted by molar-refractivity contribution is -0.116. The summed E-state index contributed by atoms with van der Waals surface area (Å²) in [4.78, 5) is 11.5. The number of nitrogens with one attached hydrogen (secondary N) is 1. The van der Waals surface area contributed by atoms with Crippen molar-refractivity contribution in [1.29, 1.82) is 0 Å². The molecule has 4 nitrogen and oxygen atoms in total. The third-order valence-corrected chi connectivity index (χ3v) is 3.61. The molecule has 0 fully saturated rings. The summed E-state index contributed by atoms with van der Waals surface area (Å²) in [5.74, 6) is -0.128. The molecule has 1 aromatic carbocycles. The fourth-order valence-electron chi connectivity index (χ4n) is 1.25. The summed E-state index contributed by atoms with van der Waals surface area (Å²) in [6, 6.07) is 7.20. The molecule has 0 aliphatic rings. The van der Waals surface area contributed by atoms with Crippen LogP contribution in [0.25, 0.3) is 0 Å². The minimum Gasteiger partial charge on any atom is -0.326 e. The van der Waals surface area contributed by atoms with E-state index < -0.39 is 9.84 Å². The fourth-order valence-corrected chi connectivity index (χ4v) is 2.18. The van der Waals surface area contributed by atoms with Gasteiger partial charge in [-0.3, -0.25) is 4.79 Å². The van der Waals surface area contributed by atoms with Gasteiger partial charge in [-0.15, -0.1) is 0 Å². The van der Waals surface area contributed by atoms with Gasteiger partial charge in [0.25, 0.3) is 0 Å². The van der Waals surface area contributed by atoms with Gasteiger partial charge in [0.1, 0.15) is 9.84 Å². The highest BCUT2D eigenvalue weighted by molar-refractivity contribution is 9.10. The number of hydrogen-bond donors (Lipinski definition) is 1. The molecule has 1 aromatic rings. The summed E-state index contributed by atoms with van der Waals surface area (Å²) in [6.07, 6.45) is 1.73. The van der Waals surface area contributed by atoms with Gasteiger partial charge < -0.3 is 5.32 Å². The van der Waals surface area contributed by atoms with E-state index in [-0.39, 0.29) is 18.1 Å². The summed E-state index contributed by atoms with van der Waals surface area (Å²) in [6.45, 7) is 0. The molecule has 0 aromatic heterocycles. The summed E-state index contributed by atoms with van der Waals surface area (Å²) in [5.41, 5.74) is 0.706. The van der Waals surface area contributed by atoms with Crippen LogP contribution in [-0.4, -0.2) is 26.3 Å². The van der Waals surface area contributed by atoms with Crippen LogP contribution in [0.4, 0.5) is 5.69 Å². The zero-order valence-electron chi connectivity index (χ0n) is 9.44. The maximum absolute atomic E-state index is 11.5. The molecule has 0 aliphatic heterocycles. The van der Waals surface area contributed by atoms with E-state index in [1.807, 2.05) is 12.1 Å². The van der Waals surface area contributed by atoms with E-state index in [9.17, 15) is 13.2 Å². The quantitative estimate of drug-likeness (QED) is 0.905. The number of halogens is 1. The van der Waals surface area contributed by atoms with Crippen LogP contribution in [0, 0.1) is 0 Å². The molecule has 94 valence electrons. The van der Waals surface area contributed by atoms with E-state index in [4.69, 9.17) is 0 Å². The van der Waals surface area contributed by atoms with Gasteiger partial charge in [0, 0.05) is 22.8 Å². The Morgan fingerprint density at radius 3 is 2.41 bits per heavy atom. The molecule has 0 spiro atoms. The van der Waals surface area contributed by atoms with Crippen molar-refractivity contribution in [3.63, 3.8) is 0 Å². The van der Waals surface area contributed by atoms with Crippen LogP contribution in [0.15, 0.2) is 28.7 Å². The molecule has 0 radical (unpaired) electrons. The first kappa shape index (κ1) is 14.2. The number of benzene rings is 1. The van der Waals surface area contributed by atoms with Gasteiger partial charge in [-0.1, -0.05) is 15.9 Å². The van der Waals surface area contributed by atoms with Crippen LogP contribution in [0.3, 0.4) is 0 Å². The highest BCUT2D eigenvalue weighted by atomic mass is 79.9. The van der Waals surface area contributed by atoms with E-state index in [0.29, 0.717) is 12.1 Å². The third kappa shape index (κ3) is 6.43. The number of anilines is 1. The average molecular weight is 320 g/mol. The van der Waals surface area contributed by atoms with Crippen molar-refractivity contribution < 1.29 is 13.2 Å². The molecule has 1 rings (SSSR count). The second kappa shape index (κ2) is 6.16. The first-order valence-corrected chi connectivity index (χ1v) is 7.95.